The van der Waals surface area contributed by atoms with Crippen LogP contribution in [0.25, 0.3) is 11.1 Å². The first-order valence-electron chi connectivity index (χ1n) is 11.8. The number of ether oxygens (including phenoxy) is 3. The van der Waals surface area contributed by atoms with Crippen LogP contribution in [0.1, 0.15) is 16.7 Å². The molecule has 4 nitrogen and oxygen atoms in total. The molecule has 0 amide bonds. The van der Waals surface area contributed by atoms with E-state index in [0.29, 0.717) is 42.5 Å². The maximum absolute atomic E-state index is 12.7. The van der Waals surface area contributed by atoms with Crippen molar-refractivity contribution in [3.63, 3.8) is 0 Å². The highest BCUT2D eigenvalue weighted by atomic mass is 19.4. The molecule has 0 aromatic heterocycles. The monoisotopic (exact) mass is 507 g/mol. The Bertz CT molecular complexity index is 1260. The van der Waals surface area contributed by atoms with Crippen molar-refractivity contribution in [1.29, 1.82) is 0 Å². The van der Waals surface area contributed by atoms with Gasteiger partial charge in [0, 0.05) is 18.7 Å². The maximum Gasteiger partial charge on any atom is 0.416 e. The van der Waals surface area contributed by atoms with Crippen LogP contribution in [0.15, 0.2) is 91.0 Å². The van der Waals surface area contributed by atoms with Gasteiger partial charge >= 0.3 is 6.18 Å². The average molecular weight is 508 g/mol. The molecule has 0 bridgehead atoms. The van der Waals surface area contributed by atoms with Crippen LogP contribution in [0.2, 0.25) is 0 Å². The molecule has 4 rings (SSSR count). The number of methoxy groups -OCH3 is 2. The summed E-state index contributed by atoms with van der Waals surface area (Å²) in [6, 6.07) is 26.8. The number of halogens is 3. The lowest BCUT2D eigenvalue weighted by atomic mass is 10.1. The number of rotatable bonds is 10. The second-order valence-electron chi connectivity index (χ2n) is 8.42. The van der Waals surface area contributed by atoms with Gasteiger partial charge in [0.05, 0.1) is 25.3 Å². The summed E-state index contributed by atoms with van der Waals surface area (Å²) in [6.07, 6.45) is -3.74. The Labute approximate surface area is 214 Å². The number of nitrogens with one attached hydrogen (secondary N) is 1. The minimum absolute atomic E-state index is 0.457. The van der Waals surface area contributed by atoms with Crippen LogP contribution < -0.4 is 19.5 Å². The molecule has 4 aromatic carbocycles. The molecule has 1 N–H and O–H groups in total. The molecule has 0 atom stereocenters. The molecule has 0 aliphatic rings. The predicted octanol–water partition coefficient (Wildman–Crippen LogP) is 7.51. The number of benzene rings is 4. The van der Waals surface area contributed by atoms with Gasteiger partial charge in [-0.15, -0.1) is 0 Å². The van der Waals surface area contributed by atoms with Gasteiger partial charge in [-0.3, -0.25) is 0 Å². The van der Waals surface area contributed by atoms with Gasteiger partial charge in [-0.1, -0.05) is 54.6 Å². The Morgan fingerprint density at radius 3 is 1.86 bits per heavy atom. The van der Waals surface area contributed by atoms with Crippen molar-refractivity contribution in [2.45, 2.75) is 19.1 Å². The van der Waals surface area contributed by atoms with Crippen LogP contribution in [0.3, 0.4) is 0 Å². The van der Waals surface area contributed by atoms with Gasteiger partial charge in [-0.25, -0.2) is 0 Å². The van der Waals surface area contributed by atoms with Crippen molar-refractivity contribution in [2.75, 3.05) is 20.8 Å². The summed E-state index contributed by atoms with van der Waals surface area (Å²) in [5, 5.41) is 3.31. The lowest BCUT2D eigenvalue weighted by Gasteiger charge is -2.16. The molecule has 192 valence electrons. The van der Waals surface area contributed by atoms with Gasteiger partial charge in [0.2, 0.25) is 0 Å². The van der Waals surface area contributed by atoms with Crippen LogP contribution in [0.4, 0.5) is 13.2 Å². The van der Waals surface area contributed by atoms with E-state index in [1.165, 1.54) is 12.1 Å². The highest BCUT2D eigenvalue weighted by Gasteiger charge is 2.29. The van der Waals surface area contributed by atoms with E-state index in [-0.39, 0.29) is 0 Å². The minimum atomic E-state index is -4.33. The highest BCUT2D eigenvalue weighted by molar-refractivity contribution is 5.64. The van der Waals surface area contributed by atoms with Gasteiger partial charge in [-0.2, -0.15) is 13.2 Å². The summed E-state index contributed by atoms with van der Waals surface area (Å²) < 4.78 is 55.5. The fraction of sp³-hybridized carbons (Fsp3) is 0.200. The SMILES string of the molecule is COc1cc(Oc2ccc(-c3ccccc3)cc2)cc(OC)c1CNCCc1ccc(C(F)(F)F)cc1. The Hall–Kier alpha value is -3.97. The van der Waals surface area contributed by atoms with E-state index in [0.717, 1.165) is 34.4 Å². The molecule has 0 unspecified atom stereocenters. The first kappa shape index (κ1) is 26.1. The number of alkyl halides is 3. The second-order valence-corrected chi connectivity index (χ2v) is 8.42. The lowest BCUT2D eigenvalue weighted by molar-refractivity contribution is -0.137. The van der Waals surface area contributed by atoms with E-state index in [2.05, 4.69) is 17.4 Å². The smallest absolute Gasteiger partial charge is 0.416 e. The standard InChI is InChI=1S/C30H28F3NO3/c1-35-28-18-26(37-25-14-10-23(11-15-25)22-6-4-3-5-7-22)19-29(36-2)27(28)20-34-17-16-21-8-12-24(13-9-21)30(31,32)33/h3-15,18-19,34H,16-17,20H2,1-2H3. The Morgan fingerprint density at radius 2 is 1.30 bits per heavy atom. The molecule has 7 heteroatoms. The van der Waals surface area contributed by atoms with Gasteiger partial charge in [0.25, 0.3) is 0 Å². The Morgan fingerprint density at radius 1 is 0.703 bits per heavy atom. The summed E-state index contributed by atoms with van der Waals surface area (Å²) in [4.78, 5) is 0. The van der Waals surface area contributed by atoms with Gasteiger partial charge in [0.15, 0.2) is 0 Å². The fourth-order valence-electron chi connectivity index (χ4n) is 3.98. The maximum atomic E-state index is 12.7. The fourth-order valence-corrected chi connectivity index (χ4v) is 3.98. The topological polar surface area (TPSA) is 39.7 Å². The van der Waals surface area contributed by atoms with E-state index >= 15 is 0 Å². The van der Waals surface area contributed by atoms with Crippen LogP contribution >= 0.6 is 0 Å². The van der Waals surface area contributed by atoms with E-state index in [9.17, 15) is 13.2 Å². The van der Waals surface area contributed by atoms with Crippen molar-refractivity contribution in [3.8, 4) is 34.1 Å². The molecule has 0 aliphatic carbocycles. The molecule has 0 saturated carbocycles. The quantitative estimate of drug-likeness (QED) is 0.226. The molecule has 0 spiro atoms. The molecule has 0 heterocycles. The minimum Gasteiger partial charge on any atom is -0.496 e. The summed E-state index contributed by atoms with van der Waals surface area (Å²) in [5.41, 5.74) is 3.23. The van der Waals surface area contributed by atoms with Crippen molar-refractivity contribution >= 4 is 0 Å². The van der Waals surface area contributed by atoms with Gasteiger partial charge in [-0.05, 0) is 53.9 Å². The second kappa shape index (κ2) is 11.8. The molecule has 37 heavy (non-hydrogen) atoms. The van der Waals surface area contributed by atoms with E-state index in [1.54, 1.807) is 26.4 Å². The largest absolute Gasteiger partial charge is 0.496 e. The Balaban J connectivity index is 1.39. The normalized spacial score (nSPS) is 11.3. The molecule has 0 fully saturated rings. The third kappa shape index (κ3) is 6.83. The van der Waals surface area contributed by atoms with Crippen LogP contribution in [0, 0.1) is 0 Å². The van der Waals surface area contributed by atoms with E-state index in [1.807, 2.05) is 42.5 Å². The van der Waals surface area contributed by atoms with Crippen molar-refractivity contribution in [2.24, 2.45) is 0 Å². The first-order valence-corrected chi connectivity index (χ1v) is 11.8. The zero-order valence-corrected chi connectivity index (χ0v) is 20.6. The zero-order valence-electron chi connectivity index (χ0n) is 20.6. The molecular formula is C30H28F3NO3. The van der Waals surface area contributed by atoms with E-state index in [4.69, 9.17) is 14.2 Å². The molecule has 0 saturated heterocycles. The Kier molecular flexibility index (Phi) is 8.36. The van der Waals surface area contributed by atoms with Crippen LogP contribution in [0.5, 0.6) is 23.0 Å². The summed E-state index contributed by atoms with van der Waals surface area (Å²) in [5.74, 6) is 2.48. The molecule has 0 aliphatic heterocycles. The number of hydrogen-bond acceptors (Lipinski definition) is 4. The van der Waals surface area contributed by atoms with Crippen molar-refractivity contribution in [1.82, 2.24) is 5.32 Å². The summed E-state index contributed by atoms with van der Waals surface area (Å²) in [6.45, 7) is 1.03. The summed E-state index contributed by atoms with van der Waals surface area (Å²) >= 11 is 0. The van der Waals surface area contributed by atoms with Crippen molar-refractivity contribution < 1.29 is 27.4 Å². The van der Waals surface area contributed by atoms with Crippen LogP contribution in [-0.4, -0.2) is 20.8 Å². The van der Waals surface area contributed by atoms with Gasteiger partial charge in [0.1, 0.15) is 23.0 Å². The van der Waals surface area contributed by atoms with Crippen molar-refractivity contribution in [3.05, 3.63) is 108 Å². The van der Waals surface area contributed by atoms with Gasteiger partial charge < -0.3 is 19.5 Å². The molecular weight excluding hydrogens is 479 g/mol. The molecule has 4 aromatic rings. The third-order valence-corrected chi connectivity index (χ3v) is 5.95. The van der Waals surface area contributed by atoms with Crippen LogP contribution in [-0.2, 0) is 19.1 Å². The third-order valence-electron chi connectivity index (χ3n) is 5.95. The summed E-state index contributed by atoms with van der Waals surface area (Å²) in [7, 11) is 3.16. The van der Waals surface area contributed by atoms with E-state index < -0.39 is 11.7 Å². The lowest BCUT2D eigenvalue weighted by Crippen LogP contribution is -2.18. The predicted molar refractivity (Wildman–Crippen MR) is 138 cm³/mol. The first-order chi connectivity index (χ1) is 17.9. The average Bonchev–Trinajstić information content (AvgIpc) is 2.92. The molecule has 0 radical (unpaired) electrons. The number of hydrogen-bond donors (Lipinski definition) is 1. The zero-order chi connectivity index (χ0) is 26.3. The highest BCUT2D eigenvalue weighted by Crippen LogP contribution is 2.36.